The van der Waals surface area contributed by atoms with Gasteiger partial charge in [0.15, 0.2) is 0 Å². The summed E-state index contributed by atoms with van der Waals surface area (Å²) >= 11 is 3.60. The predicted octanol–water partition coefficient (Wildman–Crippen LogP) is 3.05. The van der Waals surface area contributed by atoms with Crippen molar-refractivity contribution < 1.29 is 4.74 Å². The molecule has 0 aliphatic heterocycles. The predicted molar refractivity (Wildman–Crippen MR) is 80.0 cm³/mol. The first-order valence-corrected chi connectivity index (χ1v) is 7.02. The lowest BCUT2D eigenvalue weighted by Crippen LogP contribution is -2.33. The van der Waals surface area contributed by atoms with Crippen LogP contribution >= 0.6 is 15.9 Å². The van der Waals surface area contributed by atoms with Gasteiger partial charge in [-0.25, -0.2) is 0 Å². The van der Waals surface area contributed by atoms with Crippen molar-refractivity contribution in [3.63, 3.8) is 0 Å². The second-order valence-corrected chi connectivity index (χ2v) is 5.83. The second kappa shape index (κ2) is 7.12. The minimum absolute atomic E-state index is 0.205. The maximum atomic E-state index is 5.94. The number of methoxy groups -OCH3 is 1. The van der Waals surface area contributed by atoms with Gasteiger partial charge in [0.25, 0.3) is 0 Å². The standard InChI is InChI=1S/C14H23BrN2O/c1-10(2)9-17(3)14(8-16)12-7-11(18-4)5-6-13(12)15/h5-7,10,14H,8-9,16H2,1-4H3. The monoisotopic (exact) mass is 314 g/mol. The summed E-state index contributed by atoms with van der Waals surface area (Å²) in [4.78, 5) is 2.30. The van der Waals surface area contributed by atoms with Crippen LogP contribution < -0.4 is 10.5 Å². The fraction of sp³-hybridized carbons (Fsp3) is 0.571. The Bertz CT molecular complexity index is 382. The molecule has 2 N–H and O–H groups in total. The molecule has 1 unspecified atom stereocenters. The van der Waals surface area contributed by atoms with E-state index in [9.17, 15) is 0 Å². The van der Waals surface area contributed by atoms with Crippen LogP contribution in [0.5, 0.6) is 5.75 Å². The highest BCUT2D eigenvalue weighted by atomic mass is 79.9. The first-order chi connectivity index (χ1) is 8.49. The van der Waals surface area contributed by atoms with Crippen molar-refractivity contribution in [3.05, 3.63) is 28.2 Å². The largest absolute Gasteiger partial charge is 0.497 e. The third kappa shape index (κ3) is 3.97. The van der Waals surface area contributed by atoms with Gasteiger partial charge in [0.2, 0.25) is 0 Å². The van der Waals surface area contributed by atoms with Crippen LogP contribution in [0.1, 0.15) is 25.5 Å². The van der Waals surface area contributed by atoms with E-state index >= 15 is 0 Å². The smallest absolute Gasteiger partial charge is 0.119 e. The number of nitrogens with two attached hydrogens (primary N) is 1. The maximum Gasteiger partial charge on any atom is 0.119 e. The molecule has 102 valence electrons. The summed E-state index contributed by atoms with van der Waals surface area (Å²) in [5.41, 5.74) is 7.12. The number of hydrogen-bond acceptors (Lipinski definition) is 3. The highest BCUT2D eigenvalue weighted by molar-refractivity contribution is 9.10. The van der Waals surface area contributed by atoms with Gasteiger partial charge in [-0.2, -0.15) is 0 Å². The Hall–Kier alpha value is -0.580. The van der Waals surface area contributed by atoms with Crippen LogP contribution in [0.3, 0.4) is 0 Å². The van der Waals surface area contributed by atoms with Crippen molar-refractivity contribution >= 4 is 15.9 Å². The summed E-state index contributed by atoms with van der Waals surface area (Å²) < 4.78 is 6.36. The molecular formula is C14H23BrN2O. The van der Waals surface area contributed by atoms with E-state index in [1.54, 1.807) is 7.11 Å². The molecule has 1 aromatic rings. The van der Waals surface area contributed by atoms with Crippen LogP contribution in [0, 0.1) is 5.92 Å². The van der Waals surface area contributed by atoms with Crippen LogP contribution in [0.15, 0.2) is 22.7 Å². The molecule has 0 heterocycles. The summed E-state index contributed by atoms with van der Waals surface area (Å²) in [6, 6.07) is 6.22. The Labute approximate surface area is 118 Å². The molecule has 18 heavy (non-hydrogen) atoms. The van der Waals surface area contributed by atoms with Crippen LogP contribution in [0.4, 0.5) is 0 Å². The van der Waals surface area contributed by atoms with Crippen LogP contribution in [0.25, 0.3) is 0 Å². The van der Waals surface area contributed by atoms with Gasteiger partial charge in [-0.1, -0.05) is 29.8 Å². The van der Waals surface area contributed by atoms with Crippen LogP contribution in [-0.2, 0) is 0 Å². The maximum absolute atomic E-state index is 5.94. The second-order valence-electron chi connectivity index (χ2n) is 4.97. The van der Waals surface area contributed by atoms with E-state index in [0.29, 0.717) is 12.5 Å². The molecule has 1 aromatic carbocycles. The molecule has 0 amide bonds. The minimum Gasteiger partial charge on any atom is -0.497 e. The van der Waals surface area contributed by atoms with E-state index in [0.717, 1.165) is 16.8 Å². The zero-order valence-corrected chi connectivity index (χ0v) is 13.2. The normalized spacial score (nSPS) is 13.1. The summed E-state index contributed by atoms with van der Waals surface area (Å²) in [6.45, 7) is 6.04. The molecule has 1 rings (SSSR count). The van der Waals surface area contributed by atoms with Crippen molar-refractivity contribution in [1.29, 1.82) is 0 Å². The van der Waals surface area contributed by atoms with Gasteiger partial charge in [0, 0.05) is 23.6 Å². The average Bonchev–Trinajstić information content (AvgIpc) is 2.31. The lowest BCUT2D eigenvalue weighted by Gasteiger charge is -2.29. The quantitative estimate of drug-likeness (QED) is 0.877. The third-order valence-corrected chi connectivity index (χ3v) is 3.69. The molecule has 3 nitrogen and oxygen atoms in total. The third-order valence-electron chi connectivity index (χ3n) is 2.97. The van der Waals surface area contributed by atoms with E-state index in [2.05, 4.69) is 47.8 Å². The number of likely N-dealkylation sites (N-methyl/N-ethyl adjacent to an activating group) is 1. The summed E-state index contributed by atoms with van der Waals surface area (Å²) in [5, 5.41) is 0. The first-order valence-electron chi connectivity index (χ1n) is 6.23. The van der Waals surface area contributed by atoms with E-state index in [-0.39, 0.29) is 6.04 Å². The Kier molecular flexibility index (Phi) is 6.12. The number of ether oxygens (including phenoxy) is 1. The van der Waals surface area contributed by atoms with Gasteiger partial charge in [0.1, 0.15) is 5.75 Å². The molecular weight excluding hydrogens is 292 g/mol. The SMILES string of the molecule is COc1ccc(Br)c(C(CN)N(C)CC(C)C)c1. The molecule has 0 bridgehead atoms. The molecule has 0 aliphatic rings. The Balaban J connectivity index is 3.00. The van der Waals surface area contributed by atoms with E-state index < -0.39 is 0 Å². The molecule has 0 radical (unpaired) electrons. The Morgan fingerprint density at radius 1 is 1.39 bits per heavy atom. The number of nitrogens with zero attached hydrogens (tertiary/aromatic N) is 1. The number of halogens is 1. The number of hydrogen-bond donors (Lipinski definition) is 1. The highest BCUT2D eigenvalue weighted by Crippen LogP contribution is 2.30. The summed E-state index contributed by atoms with van der Waals surface area (Å²) in [5.74, 6) is 1.48. The molecule has 0 aliphatic carbocycles. The molecule has 4 heteroatoms. The fourth-order valence-corrected chi connectivity index (χ4v) is 2.66. The summed E-state index contributed by atoms with van der Waals surface area (Å²) in [6.07, 6.45) is 0. The summed E-state index contributed by atoms with van der Waals surface area (Å²) in [7, 11) is 3.80. The Morgan fingerprint density at radius 3 is 2.56 bits per heavy atom. The van der Waals surface area contributed by atoms with Crippen molar-refractivity contribution in [2.24, 2.45) is 11.7 Å². The van der Waals surface area contributed by atoms with Crippen LogP contribution in [0.2, 0.25) is 0 Å². The molecule has 0 fully saturated rings. The fourth-order valence-electron chi connectivity index (χ4n) is 2.15. The van der Waals surface area contributed by atoms with Crippen molar-refractivity contribution in [3.8, 4) is 5.75 Å². The zero-order chi connectivity index (χ0) is 13.7. The average molecular weight is 315 g/mol. The Morgan fingerprint density at radius 2 is 2.06 bits per heavy atom. The van der Waals surface area contributed by atoms with Gasteiger partial charge in [-0.05, 0) is 36.7 Å². The first kappa shape index (κ1) is 15.5. The lowest BCUT2D eigenvalue weighted by atomic mass is 10.0. The topological polar surface area (TPSA) is 38.5 Å². The van der Waals surface area contributed by atoms with Gasteiger partial charge >= 0.3 is 0 Å². The van der Waals surface area contributed by atoms with Gasteiger partial charge in [-0.3, -0.25) is 4.90 Å². The number of benzene rings is 1. The molecule has 0 saturated carbocycles. The van der Waals surface area contributed by atoms with Crippen molar-refractivity contribution in [2.45, 2.75) is 19.9 Å². The van der Waals surface area contributed by atoms with Crippen LogP contribution in [-0.4, -0.2) is 32.1 Å². The minimum atomic E-state index is 0.205. The zero-order valence-electron chi connectivity index (χ0n) is 11.6. The molecule has 0 saturated heterocycles. The molecule has 0 aromatic heterocycles. The highest BCUT2D eigenvalue weighted by Gasteiger charge is 2.19. The molecule has 1 atom stereocenters. The van der Waals surface area contributed by atoms with E-state index in [4.69, 9.17) is 10.5 Å². The van der Waals surface area contributed by atoms with E-state index in [1.807, 2.05) is 12.1 Å². The molecule has 0 spiro atoms. The lowest BCUT2D eigenvalue weighted by molar-refractivity contribution is 0.223. The van der Waals surface area contributed by atoms with Crippen molar-refractivity contribution in [2.75, 3.05) is 27.2 Å². The van der Waals surface area contributed by atoms with Crippen molar-refractivity contribution in [1.82, 2.24) is 4.90 Å². The van der Waals surface area contributed by atoms with E-state index in [1.165, 1.54) is 5.56 Å². The van der Waals surface area contributed by atoms with Gasteiger partial charge in [0.05, 0.1) is 7.11 Å². The number of rotatable bonds is 6. The van der Waals surface area contributed by atoms with Gasteiger partial charge < -0.3 is 10.5 Å². The van der Waals surface area contributed by atoms with Gasteiger partial charge in [-0.15, -0.1) is 0 Å².